The predicted molar refractivity (Wildman–Crippen MR) is 107 cm³/mol. The van der Waals surface area contributed by atoms with Gasteiger partial charge in [-0.15, -0.1) is 0 Å². The molecule has 28 heavy (non-hydrogen) atoms. The summed E-state index contributed by atoms with van der Waals surface area (Å²) in [5.74, 6) is 1.05. The van der Waals surface area contributed by atoms with E-state index in [2.05, 4.69) is 11.0 Å². The molecule has 0 N–H and O–H groups in total. The second-order valence-electron chi connectivity index (χ2n) is 6.48. The lowest BCUT2D eigenvalue weighted by atomic mass is 10.1. The zero-order valence-corrected chi connectivity index (χ0v) is 16.6. The van der Waals surface area contributed by atoms with Crippen LogP contribution in [-0.2, 0) is 0 Å². The van der Waals surface area contributed by atoms with Crippen LogP contribution in [0.2, 0.25) is 5.02 Å². The highest BCUT2D eigenvalue weighted by Crippen LogP contribution is 2.29. The van der Waals surface area contributed by atoms with E-state index in [1.54, 1.807) is 43.4 Å². The fourth-order valence-corrected chi connectivity index (χ4v) is 3.58. The first-order valence-corrected chi connectivity index (χ1v) is 9.35. The predicted octanol–water partition coefficient (Wildman–Crippen LogP) is 3.38. The molecule has 1 aliphatic heterocycles. The van der Waals surface area contributed by atoms with Gasteiger partial charge in [-0.3, -0.25) is 9.69 Å². The average molecular weight is 400 g/mol. The number of amides is 1. The Kier molecular flexibility index (Phi) is 6.40. The largest absolute Gasteiger partial charge is 0.493 e. The van der Waals surface area contributed by atoms with Gasteiger partial charge in [-0.05, 0) is 35.9 Å². The van der Waals surface area contributed by atoms with Crippen molar-refractivity contribution in [1.29, 1.82) is 5.26 Å². The minimum Gasteiger partial charge on any atom is -0.493 e. The lowest BCUT2D eigenvalue weighted by molar-refractivity contribution is 0.0606. The van der Waals surface area contributed by atoms with Crippen molar-refractivity contribution >= 4 is 17.5 Å². The molecular formula is C21H22ClN3O3. The monoisotopic (exact) mass is 399 g/mol. The minimum atomic E-state index is -0.378. The molecule has 7 heteroatoms. The third kappa shape index (κ3) is 4.22. The molecule has 1 saturated heterocycles. The summed E-state index contributed by atoms with van der Waals surface area (Å²) in [7, 11) is 3.10. The molecule has 0 saturated carbocycles. The van der Waals surface area contributed by atoms with Crippen molar-refractivity contribution in [2.24, 2.45) is 0 Å². The van der Waals surface area contributed by atoms with Crippen LogP contribution in [0.1, 0.15) is 22.0 Å². The van der Waals surface area contributed by atoms with Crippen molar-refractivity contribution in [3.63, 3.8) is 0 Å². The van der Waals surface area contributed by atoms with Crippen molar-refractivity contribution in [2.75, 3.05) is 40.4 Å². The molecule has 1 aliphatic rings. The Bertz CT molecular complexity index is 889. The summed E-state index contributed by atoms with van der Waals surface area (Å²) in [5.41, 5.74) is 1.42. The number of benzene rings is 2. The van der Waals surface area contributed by atoms with E-state index in [4.69, 9.17) is 21.1 Å². The van der Waals surface area contributed by atoms with Gasteiger partial charge in [-0.2, -0.15) is 5.26 Å². The molecule has 1 unspecified atom stereocenters. The second-order valence-corrected chi connectivity index (χ2v) is 6.92. The molecule has 1 heterocycles. The Balaban J connectivity index is 1.68. The van der Waals surface area contributed by atoms with Gasteiger partial charge >= 0.3 is 0 Å². The first-order valence-electron chi connectivity index (χ1n) is 8.97. The molecular weight excluding hydrogens is 378 g/mol. The molecule has 0 bridgehead atoms. The van der Waals surface area contributed by atoms with Gasteiger partial charge in [0.2, 0.25) is 0 Å². The lowest BCUT2D eigenvalue weighted by Gasteiger charge is -2.37. The highest BCUT2D eigenvalue weighted by atomic mass is 35.5. The number of rotatable bonds is 5. The van der Waals surface area contributed by atoms with E-state index in [-0.39, 0.29) is 11.9 Å². The number of nitrogens with zero attached hydrogens (tertiary/aromatic N) is 3. The SMILES string of the molecule is COc1ccc(C(=O)N2CCN(C(C#N)c3cccc(Cl)c3)CC2)cc1OC. The second kappa shape index (κ2) is 8.96. The molecule has 146 valence electrons. The number of halogens is 1. The first kappa shape index (κ1) is 20.0. The molecule has 3 rings (SSSR count). The molecule has 0 aromatic heterocycles. The number of hydrogen-bond donors (Lipinski definition) is 0. The Morgan fingerprint density at radius 1 is 1.07 bits per heavy atom. The van der Waals surface area contributed by atoms with Crippen LogP contribution < -0.4 is 9.47 Å². The molecule has 1 amide bonds. The number of piperazine rings is 1. The number of carbonyl (C=O) groups is 1. The Hall–Kier alpha value is -2.75. The van der Waals surface area contributed by atoms with Gasteiger partial charge in [0.15, 0.2) is 11.5 Å². The number of nitriles is 1. The van der Waals surface area contributed by atoms with E-state index in [0.717, 1.165) is 5.56 Å². The standard InChI is InChI=1S/C21H22ClN3O3/c1-27-19-7-6-16(13-20(19)28-2)21(26)25-10-8-24(9-11-25)18(14-23)15-4-3-5-17(22)12-15/h3-7,12-13,18H,8-11H2,1-2H3. The molecule has 1 fully saturated rings. The highest BCUT2D eigenvalue weighted by Gasteiger charge is 2.28. The maximum absolute atomic E-state index is 12.9. The van der Waals surface area contributed by atoms with Crippen molar-refractivity contribution in [1.82, 2.24) is 9.80 Å². The van der Waals surface area contributed by atoms with Crippen molar-refractivity contribution in [3.8, 4) is 17.6 Å². The minimum absolute atomic E-state index is 0.0585. The third-order valence-corrected chi connectivity index (χ3v) is 5.12. The van der Waals surface area contributed by atoms with Crippen molar-refractivity contribution in [3.05, 3.63) is 58.6 Å². The first-order chi connectivity index (χ1) is 13.6. The van der Waals surface area contributed by atoms with Crippen molar-refractivity contribution < 1.29 is 14.3 Å². The molecule has 0 radical (unpaired) electrons. The topological polar surface area (TPSA) is 65.8 Å². The molecule has 2 aromatic carbocycles. The number of carbonyl (C=O) groups excluding carboxylic acids is 1. The average Bonchev–Trinajstić information content (AvgIpc) is 2.74. The van der Waals surface area contributed by atoms with E-state index in [0.29, 0.717) is 48.3 Å². The quantitative estimate of drug-likeness (QED) is 0.771. The maximum atomic E-state index is 12.9. The normalized spacial score (nSPS) is 15.6. The molecule has 0 aliphatic carbocycles. The highest BCUT2D eigenvalue weighted by molar-refractivity contribution is 6.30. The molecule has 2 aromatic rings. The van der Waals surface area contributed by atoms with Crippen LogP contribution in [0.3, 0.4) is 0 Å². The molecule has 0 spiro atoms. The maximum Gasteiger partial charge on any atom is 0.254 e. The number of hydrogen-bond acceptors (Lipinski definition) is 5. The van der Waals surface area contributed by atoms with Gasteiger partial charge in [0.25, 0.3) is 5.91 Å². The van der Waals surface area contributed by atoms with E-state index >= 15 is 0 Å². The third-order valence-electron chi connectivity index (χ3n) is 4.88. The van der Waals surface area contributed by atoms with Crippen LogP contribution in [-0.4, -0.2) is 56.1 Å². The van der Waals surface area contributed by atoms with Crippen LogP contribution in [0, 0.1) is 11.3 Å². The molecule has 6 nitrogen and oxygen atoms in total. The zero-order chi connectivity index (χ0) is 20.1. The van der Waals surface area contributed by atoms with Gasteiger partial charge < -0.3 is 14.4 Å². The summed E-state index contributed by atoms with van der Waals surface area (Å²) in [6.45, 7) is 2.32. The van der Waals surface area contributed by atoms with Gasteiger partial charge in [-0.1, -0.05) is 23.7 Å². The summed E-state index contributed by atoms with van der Waals surface area (Å²) in [6.07, 6.45) is 0. The summed E-state index contributed by atoms with van der Waals surface area (Å²) < 4.78 is 10.5. The number of methoxy groups -OCH3 is 2. The Morgan fingerprint density at radius 2 is 1.79 bits per heavy atom. The molecule has 1 atom stereocenters. The van der Waals surface area contributed by atoms with Crippen LogP contribution >= 0.6 is 11.6 Å². The lowest BCUT2D eigenvalue weighted by Crippen LogP contribution is -2.49. The van der Waals surface area contributed by atoms with Gasteiger partial charge in [0.1, 0.15) is 6.04 Å². The van der Waals surface area contributed by atoms with Crippen LogP contribution in [0.25, 0.3) is 0 Å². The van der Waals surface area contributed by atoms with Crippen LogP contribution in [0.5, 0.6) is 11.5 Å². The summed E-state index contributed by atoms with van der Waals surface area (Å²) in [5, 5.41) is 10.3. The Morgan fingerprint density at radius 3 is 2.39 bits per heavy atom. The van der Waals surface area contributed by atoms with E-state index < -0.39 is 0 Å². The summed E-state index contributed by atoms with van der Waals surface area (Å²) >= 11 is 6.06. The fourth-order valence-electron chi connectivity index (χ4n) is 3.38. The Labute approximate surface area is 169 Å². The smallest absolute Gasteiger partial charge is 0.254 e. The van der Waals surface area contributed by atoms with Gasteiger partial charge in [-0.25, -0.2) is 0 Å². The summed E-state index contributed by atoms with van der Waals surface area (Å²) in [4.78, 5) is 16.7. The van der Waals surface area contributed by atoms with E-state index in [1.165, 1.54) is 0 Å². The van der Waals surface area contributed by atoms with Crippen LogP contribution in [0.15, 0.2) is 42.5 Å². The van der Waals surface area contributed by atoms with Crippen LogP contribution in [0.4, 0.5) is 0 Å². The van der Waals surface area contributed by atoms with E-state index in [1.807, 2.05) is 18.2 Å². The van der Waals surface area contributed by atoms with Gasteiger partial charge in [0.05, 0.1) is 20.3 Å². The van der Waals surface area contributed by atoms with E-state index in [9.17, 15) is 10.1 Å². The number of ether oxygens (including phenoxy) is 2. The fraction of sp³-hybridized carbons (Fsp3) is 0.333. The zero-order valence-electron chi connectivity index (χ0n) is 15.9. The summed E-state index contributed by atoms with van der Waals surface area (Å²) in [6, 6.07) is 14.5. The van der Waals surface area contributed by atoms with Gasteiger partial charge in [0, 0.05) is 36.8 Å². The van der Waals surface area contributed by atoms with Crippen molar-refractivity contribution in [2.45, 2.75) is 6.04 Å².